The first-order valence-corrected chi connectivity index (χ1v) is 14.1. The van der Waals surface area contributed by atoms with Crippen molar-refractivity contribution < 1.29 is 29.3 Å². The lowest BCUT2D eigenvalue weighted by Gasteiger charge is -2.34. The van der Waals surface area contributed by atoms with Gasteiger partial charge in [0, 0.05) is 22.6 Å². The first kappa shape index (κ1) is 30.2. The second-order valence-corrected chi connectivity index (χ2v) is 12.5. The Labute approximate surface area is 228 Å². The molecule has 0 spiro atoms. The summed E-state index contributed by atoms with van der Waals surface area (Å²) in [6, 6.07) is 0. The van der Waals surface area contributed by atoms with E-state index in [1.165, 1.54) is 11.3 Å². The molecule has 0 radical (unpaired) electrons. The molecule has 10 nitrogen and oxygen atoms in total. The number of carbonyl (C=O) groups is 2. The van der Waals surface area contributed by atoms with E-state index in [9.17, 15) is 19.8 Å². The van der Waals surface area contributed by atoms with Crippen molar-refractivity contribution in [2.45, 2.75) is 110 Å². The highest BCUT2D eigenvalue weighted by Crippen LogP contribution is 2.45. The molecule has 0 saturated carbocycles. The Morgan fingerprint density at radius 2 is 2.03 bits per heavy atom. The first-order chi connectivity index (χ1) is 17.8. The van der Waals surface area contributed by atoms with Crippen LogP contribution < -0.4 is 0 Å². The smallest absolute Gasteiger partial charge is 0.309 e. The highest BCUT2D eigenvalue weighted by Gasteiger charge is 2.53. The Morgan fingerprint density at radius 3 is 2.71 bits per heavy atom. The predicted molar refractivity (Wildman–Crippen MR) is 144 cm³/mol. The fourth-order valence-corrected chi connectivity index (χ4v) is 5.84. The number of aromatic nitrogens is 1. The van der Waals surface area contributed by atoms with E-state index in [1.54, 1.807) is 20.8 Å². The topological polar surface area (TPSA) is 158 Å². The van der Waals surface area contributed by atoms with Gasteiger partial charge in [-0.05, 0) is 49.8 Å². The van der Waals surface area contributed by atoms with Gasteiger partial charge in [0.05, 0.1) is 53.0 Å². The van der Waals surface area contributed by atoms with Crippen LogP contribution in [0.25, 0.3) is 16.5 Å². The van der Waals surface area contributed by atoms with Crippen LogP contribution in [0.1, 0.15) is 84.3 Å². The third kappa shape index (κ3) is 7.21. The molecule has 3 rings (SSSR count). The van der Waals surface area contributed by atoms with Gasteiger partial charge in [0.2, 0.25) is 0 Å². The number of esters is 1. The molecule has 1 aromatic heterocycles. The number of hydrogen-bond acceptors (Lipinski definition) is 9. The maximum atomic E-state index is 13.3. The molecule has 2 N–H and O–H groups in total. The van der Waals surface area contributed by atoms with Crippen molar-refractivity contribution in [2.24, 2.45) is 22.4 Å². The van der Waals surface area contributed by atoms with E-state index >= 15 is 0 Å². The Morgan fingerprint density at radius 1 is 1.32 bits per heavy atom. The number of rotatable bonds is 4. The molecule has 0 aromatic carbocycles. The van der Waals surface area contributed by atoms with Crippen molar-refractivity contribution in [3.8, 4) is 0 Å². The number of ketones is 1. The van der Waals surface area contributed by atoms with Crippen molar-refractivity contribution >= 4 is 29.2 Å². The Bertz CT molecular complexity index is 1100. The van der Waals surface area contributed by atoms with E-state index in [2.05, 4.69) is 15.0 Å². The number of azide groups is 1. The number of cyclic esters (lactones) is 1. The van der Waals surface area contributed by atoms with E-state index in [4.69, 9.17) is 15.0 Å². The molecular formula is C27H40N4O6S. The highest BCUT2D eigenvalue weighted by molar-refractivity contribution is 7.09. The maximum Gasteiger partial charge on any atom is 0.309 e. The fraction of sp³-hybridized carbons (Fsp3) is 0.741. The van der Waals surface area contributed by atoms with Crippen LogP contribution in [0, 0.1) is 17.3 Å². The molecule has 7 atom stereocenters. The molecular weight excluding hydrogens is 508 g/mol. The predicted octanol–water partition coefficient (Wildman–Crippen LogP) is 4.98. The number of nitrogens with zero attached hydrogens (tertiary/aromatic N) is 4. The summed E-state index contributed by atoms with van der Waals surface area (Å²) >= 11 is 1.38. The number of aliphatic hydroxyl groups excluding tert-OH is 2. The van der Waals surface area contributed by atoms with Crippen LogP contribution in [0.15, 0.2) is 16.1 Å². The Kier molecular flexibility index (Phi) is 9.76. The average Bonchev–Trinajstić information content (AvgIpc) is 3.27. The van der Waals surface area contributed by atoms with Crippen LogP contribution in [-0.2, 0) is 25.6 Å². The van der Waals surface area contributed by atoms with Crippen LogP contribution in [0.2, 0.25) is 0 Å². The van der Waals surface area contributed by atoms with Gasteiger partial charge < -0.3 is 19.7 Å². The summed E-state index contributed by atoms with van der Waals surface area (Å²) < 4.78 is 11.9. The van der Waals surface area contributed by atoms with Crippen molar-refractivity contribution in [2.75, 3.05) is 0 Å². The van der Waals surface area contributed by atoms with Crippen LogP contribution in [0.5, 0.6) is 0 Å². The Hall–Kier alpha value is -2.30. The third-order valence-electron chi connectivity index (χ3n) is 8.13. The zero-order valence-corrected chi connectivity index (χ0v) is 23.9. The highest BCUT2D eigenvalue weighted by atomic mass is 32.1. The average molecular weight is 549 g/mol. The molecule has 2 aliphatic heterocycles. The molecule has 38 heavy (non-hydrogen) atoms. The van der Waals surface area contributed by atoms with Crippen LogP contribution in [0.3, 0.4) is 0 Å². The number of Topliss-reactive ketones (excluding diaryl/α,β-unsaturated/α-hetero) is 1. The van der Waals surface area contributed by atoms with Crippen molar-refractivity contribution in [1.82, 2.24) is 4.98 Å². The number of aliphatic hydroxyl groups is 2. The molecule has 210 valence electrons. The van der Waals surface area contributed by atoms with E-state index in [0.717, 1.165) is 24.8 Å². The minimum atomic E-state index is -1.27. The second kappa shape index (κ2) is 12.3. The normalized spacial score (nSPS) is 35.1. The lowest BCUT2D eigenvalue weighted by Crippen LogP contribution is -2.45. The van der Waals surface area contributed by atoms with Gasteiger partial charge in [-0.2, -0.15) is 0 Å². The summed E-state index contributed by atoms with van der Waals surface area (Å²) in [6.07, 6.45) is 1.48. The SMILES string of the molecule is CC(=Cc1csc(CN=[N+]=[N-])n1)C1CC2OC2(C)CCCC(C)C(O)C(C)C(=O)C(C)(C)C(O)CC(=O)O1. The summed E-state index contributed by atoms with van der Waals surface area (Å²) in [6.45, 7) is 10.9. The van der Waals surface area contributed by atoms with Crippen LogP contribution in [-0.4, -0.2) is 57.0 Å². The monoisotopic (exact) mass is 548 g/mol. The van der Waals surface area contributed by atoms with Crippen LogP contribution in [0.4, 0.5) is 0 Å². The summed E-state index contributed by atoms with van der Waals surface area (Å²) in [7, 11) is 0. The van der Waals surface area contributed by atoms with E-state index in [1.807, 2.05) is 32.2 Å². The number of hydrogen-bond donors (Lipinski definition) is 2. The second-order valence-electron chi connectivity index (χ2n) is 11.5. The van der Waals surface area contributed by atoms with Crippen molar-refractivity contribution in [1.29, 1.82) is 0 Å². The molecule has 7 unspecified atom stereocenters. The van der Waals surface area contributed by atoms with Gasteiger partial charge in [0.1, 0.15) is 11.9 Å². The number of epoxide rings is 1. The molecule has 0 aliphatic carbocycles. The number of fused-ring (bicyclic) bond motifs is 1. The number of ether oxygens (including phenoxy) is 2. The fourth-order valence-electron chi connectivity index (χ4n) is 5.18. The van der Waals surface area contributed by atoms with E-state index < -0.39 is 35.6 Å². The molecule has 1 aromatic rings. The van der Waals surface area contributed by atoms with E-state index in [-0.39, 0.29) is 36.4 Å². The first-order valence-electron chi connectivity index (χ1n) is 13.2. The van der Waals surface area contributed by atoms with Crippen molar-refractivity contribution in [3.63, 3.8) is 0 Å². The Balaban J connectivity index is 1.85. The van der Waals surface area contributed by atoms with Gasteiger partial charge in [0.25, 0.3) is 0 Å². The molecule has 0 bridgehead atoms. The summed E-state index contributed by atoms with van der Waals surface area (Å²) in [4.78, 5) is 33.5. The molecule has 2 aliphatic rings. The lowest BCUT2D eigenvalue weighted by molar-refractivity contribution is -0.154. The standard InChI is InChI=1S/C27H40N4O6S/c1-15-8-7-9-27(6)21(37-27)11-19(16(2)10-18-14-38-22(30-18)13-29-31-28)36-23(33)12-20(32)26(4,5)25(35)17(3)24(15)34/h10,14-15,17,19-21,24,32,34H,7-9,11-13H2,1-6H3. The van der Waals surface area contributed by atoms with Crippen LogP contribution >= 0.6 is 11.3 Å². The molecule has 2 saturated heterocycles. The molecule has 11 heteroatoms. The van der Waals surface area contributed by atoms with Gasteiger partial charge in [-0.1, -0.05) is 39.2 Å². The minimum absolute atomic E-state index is 0.0969. The van der Waals surface area contributed by atoms with Gasteiger partial charge in [-0.3, -0.25) is 9.59 Å². The maximum absolute atomic E-state index is 13.3. The van der Waals surface area contributed by atoms with Gasteiger partial charge in [0.15, 0.2) is 0 Å². The molecule has 0 amide bonds. The van der Waals surface area contributed by atoms with E-state index in [0.29, 0.717) is 17.1 Å². The number of carbonyl (C=O) groups excluding carboxylic acids is 2. The van der Waals surface area contributed by atoms with Gasteiger partial charge in [-0.25, -0.2) is 4.98 Å². The summed E-state index contributed by atoms with van der Waals surface area (Å²) in [5, 5.41) is 27.8. The zero-order chi connectivity index (χ0) is 28.3. The lowest BCUT2D eigenvalue weighted by atomic mass is 9.73. The number of thiazole rings is 1. The third-order valence-corrected chi connectivity index (χ3v) is 8.98. The quantitative estimate of drug-likeness (QED) is 0.176. The van der Waals surface area contributed by atoms with Gasteiger partial charge >= 0.3 is 5.97 Å². The molecule has 2 fully saturated rings. The molecule has 3 heterocycles. The summed E-state index contributed by atoms with van der Waals surface area (Å²) in [5.74, 6) is -1.68. The zero-order valence-electron chi connectivity index (χ0n) is 23.1. The minimum Gasteiger partial charge on any atom is -0.458 e. The summed E-state index contributed by atoms with van der Waals surface area (Å²) in [5.41, 5.74) is 8.39. The largest absolute Gasteiger partial charge is 0.458 e. The van der Waals surface area contributed by atoms with Gasteiger partial charge in [-0.15, -0.1) is 11.3 Å². The van der Waals surface area contributed by atoms with Crippen molar-refractivity contribution in [3.05, 3.63) is 32.1 Å².